The minimum Gasteiger partial charge on any atom is -0.481 e. The van der Waals surface area contributed by atoms with Gasteiger partial charge in [-0.05, 0) is 42.2 Å². The van der Waals surface area contributed by atoms with Gasteiger partial charge in [0.1, 0.15) is 0 Å². The summed E-state index contributed by atoms with van der Waals surface area (Å²) in [5.74, 6) is -1.12. The molecule has 4 nitrogen and oxygen atoms in total. The number of Topliss-reactive ketones (excluding diaryl/α,β-unsaturated/α-hetero) is 1. The molecule has 0 fully saturated rings. The number of carboxylic acids is 1. The summed E-state index contributed by atoms with van der Waals surface area (Å²) in [5, 5.41) is 8.75. The molecule has 0 saturated heterocycles. The Morgan fingerprint density at radius 2 is 2.12 bits per heavy atom. The topological polar surface area (TPSA) is 57.6 Å². The van der Waals surface area contributed by atoms with Crippen LogP contribution in [0.1, 0.15) is 16.1 Å². The van der Waals surface area contributed by atoms with Crippen LogP contribution in [0.4, 0.5) is 0 Å². The van der Waals surface area contributed by atoms with E-state index in [9.17, 15) is 9.59 Å². The average Bonchev–Trinajstić information content (AvgIpc) is 2.59. The lowest BCUT2D eigenvalue weighted by Crippen LogP contribution is -2.37. The molecule has 1 rings (SSSR count). The third-order valence-electron chi connectivity index (χ3n) is 2.11. The number of aliphatic carboxylic acids is 1. The van der Waals surface area contributed by atoms with Gasteiger partial charge in [-0.15, -0.1) is 11.3 Å². The first-order chi connectivity index (χ1) is 7.41. The molecule has 1 unspecified atom stereocenters. The Morgan fingerprint density at radius 1 is 1.50 bits per heavy atom. The van der Waals surface area contributed by atoms with Crippen molar-refractivity contribution in [1.29, 1.82) is 0 Å². The lowest BCUT2D eigenvalue weighted by Gasteiger charge is -2.20. The van der Waals surface area contributed by atoms with Gasteiger partial charge in [-0.2, -0.15) is 0 Å². The van der Waals surface area contributed by atoms with E-state index in [0.717, 1.165) is 3.79 Å². The van der Waals surface area contributed by atoms with Crippen LogP contribution in [0.25, 0.3) is 0 Å². The summed E-state index contributed by atoms with van der Waals surface area (Å²) in [6, 6.07) is 2.88. The molecule has 16 heavy (non-hydrogen) atoms. The Balaban J connectivity index is 2.87. The van der Waals surface area contributed by atoms with Gasteiger partial charge in [0.25, 0.3) is 0 Å². The van der Waals surface area contributed by atoms with E-state index in [4.69, 9.17) is 5.11 Å². The molecule has 1 atom stereocenters. The number of likely N-dealkylation sites (N-methyl/N-ethyl adjacent to an activating group) is 1. The number of hydrogen-bond donors (Lipinski definition) is 1. The third-order valence-corrected chi connectivity index (χ3v) is 3.75. The van der Waals surface area contributed by atoms with Gasteiger partial charge in [0.2, 0.25) is 0 Å². The van der Waals surface area contributed by atoms with Gasteiger partial charge in [0, 0.05) is 0 Å². The minimum absolute atomic E-state index is 0.150. The van der Waals surface area contributed by atoms with Crippen LogP contribution in [-0.4, -0.2) is 41.9 Å². The summed E-state index contributed by atoms with van der Waals surface area (Å²) >= 11 is 4.59. The van der Waals surface area contributed by atoms with Gasteiger partial charge in [-0.3, -0.25) is 14.5 Å². The number of halogens is 1. The number of carbonyl (C=O) groups excluding carboxylic acids is 1. The van der Waals surface area contributed by atoms with Crippen molar-refractivity contribution in [1.82, 2.24) is 4.90 Å². The zero-order valence-electron chi connectivity index (χ0n) is 8.94. The molecule has 0 saturated carbocycles. The molecule has 1 aromatic heterocycles. The monoisotopic (exact) mass is 305 g/mol. The molecule has 0 radical (unpaired) electrons. The number of rotatable bonds is 5. The molecule has 1 heterocycles. The molecule has 0 bridgehead atoms. The van der Waals surface area contributed by atoms with Crippen molar-refractivity contribution >= 4 is 39.0 Å². The van der Waals surface area contributed by atoms with E-state index < -0.39 is 12.0 Å². The fourth-order valence-electron chi connectivity index (χ4n) is 1.29. The first-order valence-corrected chi connectivity index (χ1v) is 6.20. The average molecular weight is 306 g/mol. The Hall–Kier alpha value is -0.720. The predicted octanol–water partition coefficient (Wildman–Crippen LogP) is 2.10. The highest BCUT2D eigenvalue weighted by Crippen LogP contribution is 2.24. The van der Waals surface area contributed by atoms with Crippen LogP contribution in [0.3, 0.4) is 0 Å². The first-order valence-electron chi connectivity index (χ1n) is 4.59. The zero-order valence-corrected chi connectivity index (χ0v) is 11.3. The third kappa shape index (κ3) is 3.40. The Morgan fingerprint density at radius 3 is 2.50 bits per heavy atom. The van der Waals surface area contributed by atoms with Gasteiger partial charge >= 0.3 is 5.97 Å². The second-order valence-electron chi connectivity index (χ2n) is 3.55. The number of nitrogens with zero attached hydrogens (tertiary/aromatic N) is 1. The van der Waals surface area contributed by atoms with Crippen molar-refractivity contribution in [3.8, 4) is 0 Å². The molecule has 0 aliphatic carbocycles. The van der Waals surface area contributed by atoms with Crippen LogP contribution in [0, 0.1) is 0 Å². The summed E-state index contributed by atoms with van der Waals surface area (Å²) in [7, 11) is 3.41. The quantitative estimate of drug-likeness (QED) is 0.846. The Kier molecular flexibility index (Phi) is 4.64. The van der Waals surface area contributed by atoms with Crippen LogP contribution in [0.15, 0.2) is 15.9 Å². The molecule has 88 valence electrons. The molecule has 1 N–H and O–H groups in total. The van der Waals surface area contributed by atoms with E-state index in [1.165, 1.54) is 11.3 Å². The molecule has 0 spiro atoms. The number of carboxylic acid groups (broad SMARTS) is 1. The van der Waals surface area contributed by atoms with Crippen molar-refractivity contribution in [2.45, 2.75) is 12.5 Å². The number of thiophene rings is 1. The summed E-state index contributed by atoms with van der Waals surface area (Å²) in [6.07, 6.45) is -0.179. The highest BCUT2D eigenvalue weighted by molar-refractivity contribution is 9.11. The number of hydrogen-bond acceptors (Lipinski definition) is 4. The predicted molar refractivity (Wildman–Crippen MR) is 66.1 cm³/mol. The zero-order chi connectivity index (χ0) is 12.3. The van der Waals surface area contributed by atoms with Crippen LogP contribution < -0.4 is 0 Å². The first kappa shape index (κ1) is 13.3. The van der Waals surface area contributed by atoms with Gasteiger partial charge < -0.3 is 5.11 Å². The fourth-order valence-corrected chi connectivity index (χ4v) is 2.66. The van der Waals surface area contributed by atoms with Crippen LogP contribution in [0.5, 0.6) is 0 Å². The fraction of sp³-hybridized carbons (Fsp3) is 0.400. The standard InChI is InChI=1S/C10H12BrNO3S/c1-12(2)6(5-9(13)14)10(15)7-3-4-8(11)16-7/h3-4,6H,5H2,1-2H3,(H,13,14). The van der Waals surface area contributed by atoms with Crippen molar-refractivity contribution in [2.24, 2.45) is 0 Å². The lowest BCUT2D eigenvalue weighted by molar-refractivity contribution is -0.137. The van der Waals surface area contributed by atoms with Crippen LogP contribution in [0.2, 0.25) is 0 Å². The van der Waals surface area contributed by atoms with E-state index >= 15 is 0 Å². The molecule has 0 amide bonds. The van der Waals surface area contributed by atoms with Crippen molar-refractivity contribution < 1.29 is 14.7 Å². The SMILES string of the molecule is CN(C)C(CC(=O)O)C(=O)c1ccc(Br)s1. The van der Waals surface area contributed by atoms with Gasteiger partial charge in [0.05, 0.1) is 21.1 Å². The summed E-state index contributed by atoms with van der Waals surface area (Å²) in [6.45, 7) is 0. The summed E-state index contributed by atoms with van der Waals surface area (Å²) in [5.41, 5.74) is 0. The number of ketones is 1. The molecule has 0 aromatic carbocycles. The van der Waals surface area contributed by atoms with E-state index in [1.807, 2.05) is 0 Å². The van der Waals surface area contributed by atoms with Crippen molar-refractivity contribution in [3.63, 3.8) is 0 Å². The minimum atomic E-state index is -0.970. The maximum atomic E-state index is 12.0. The second-order valence-corrected chi connectivity index (χ2v) is 6.01. The molecule has 0 aliphatic heterocycles. The van der Waals surface area contributed by atoms with E-state index in [1.54, 1.807) is 31.1 Å². The van der Waals surface area contributed by atoms with Crippen LogP contribution in [-0.2, 0) is 4.79 Å². The van der Waals surface area contributed by atoms with Crippen molar-refractivity contribution in [3.05, 3.63) is 20.8 Å². The Labute approximate surface area is 106 Å². The van der Waals surface area contributed by atoms with E-state index in [0.29, 0.717) is 4.88 Å². The summed E-state index contributed by atoms with van der Waals surface area (Å²) in [4.78, 5) is 24.9. The smallest absolute Gasteiger partial charge is 0.305 e. The van der Waals surface area contributed by atoms with Crippen molar-refractivity contribution in [2.75, 3.05) is 14.1 Å². The second kappa shape index (κ2) is 5.56. The van der Waals surface area contributed by atoms with Gasteiger partial charge in [0.15, 0.2) is 5.78 Å². The van der Waals surface area contributed by atoms with E-state index in [-0.39, 0.29) is 12.2 Å². The van der Waals surface area contributed by atoms with Gasteiger partial charge in [-0.1, -0.05) is 0 Å². The lowest BCUT2D eigenvalue weighted by atomic mass is 10.1. The maximum absolute atomic E-state index is 12.0. The Bertz CT molecular complexity index is 403. The summed E-state index contributed by atoms with van der Waals surface area (Å²) < 4.78 is 0.865. The maximum Gasteiger partial charge on any atom is 0.305 e. The molecule has 1 aromatic rings. The van der Waals surface area contributed by atoms with Gasteiger partial charge in [-0.25, -0.2) is 0 Å². The number of carbonyl (C=O) groups is 2. The highest BCUT2D eigenvalue weighted by Gasteiger charge is 2.25. The normalized spacial score (nSPS) is 12.8. The van der Waals surface area contributed by atoms with E-state index in [2.05, 4.69) is 15.9 Å². The molecule has 0 aliphatic rings. The highest BCUT2D eigenvalue weighted by atomic mass is 79.9. The largest absolute Gasteiger partial charge is 0.481 e. The molecular weight excluding hydrogens is 294 g/mol. The van der Waals surface area contributed by atoms with Crippen LogP contribution >= 0.6 is 27.3 Å². The molecule has 6 heteroatoms. The molecular formula is C10H12BrNO3S.